The Morgan fingerprint density at radius 3 is 2.79 bits per heavy atom. The lowest BCUT2D eigenvalue weighted by molar-refractivity contribution is -0.385. The maximum Gasteiger partial charge on any atom is 0.306 e. The summed E-state index contributed by atoms with van der Waals surface area (Å²) in [4.78, 5) is 14.8. The van der Waals surface area contributed by atoms with E-state index in [1.54, 1.807) is 0 Å². The van der Waals surface area contributed by atoms with Crippen LogP contribution in [0.15, 0.2) is 35.6 Å². The van der Waals surface area contributed by atoms with Crippen LogP contribution in [0.3, 0.4) is 0 Å². The quantitative estimate of drug-likeness (QED) is 0.180. The van der Waals surface area contributed by atoms with Gasteiger partial charge in [0.25, 0.3) is 0 Å². The van der Waals surface area contributed by atoms with Gasteiger partial charge in [0.2, 0.25) is 0 Å². The lowest BCUT2D eigenvalue weighted by Crippen LogP contribution is -2.38. The van der Waals surface area contributed by atoms with Gasteiger partial charge in [-0.1, -0.05) is 12.1 Å². The minimum atomic E-state index is -0.458. The highest BCUT2D eigenvalue weighted by molar-refractivity contribution is 14.0. The number of guanidine groups is 1. The van der Waals surface area contributed by atoms with Crippen LogP contribution in [0.5, 0.6) is 5.75 Å². The number of aryl methyl sites for hydroxylation is 1. The molecule has 0 aliphatic heterocycles. The number of nitrogens with zero attached hydrogens (tertiary/aromatic N) is 4. The topological polar surface area (TPSA) is 107 Å². The molecule has 0 aliphatic carbocycles. The first kappa shape index (κ1) is 23.7. The number of nitro groups is 1. The van der Waals surface area contributed by atoms with E-state index in [2.05, 4.69) is 20.7 Å². The van der Waals surface area contributed by atoms with Gasteiger partial charge < -0.3 is 15.4 Å². The van der Waals surface area contributed by atoms with Crippen molar-refractivity contribution in [1.29, 1.82) is 0 Å². The molecular weight excluding hydrogens is 475 g/mol. The lowest BCUT2D eigenvalue weighted by Gasteiger charge is -2.13. The number of benzene rings is 1. The minimum absolute atomic E-state index is 0. The molecule has 154 valence electrons. The summed E-state index contributed by atoms with van der Waals surface area (Å²) in [5.74, 6) is 1.52. The van der Waals surface area contributed by atoms with Crippen molar-refractivity contribution in [3.63, 3.8) is 0 Å². The molecule has 0 unspecified atom stereocenters. The van der Waals surface area contributed by atoms with Crippen LogP contribution in [0.1, 0.15) is 25.0 Å². The SMILES string of the molecule is CCNC(=NCc1ccc(C)cc1OCC)NCCn1cc([N+](=O)[O-])cn1.I. The molecule has 0 bridgehead atoms. The second-order valence-corrected chi connectivity index (χ2v) is 5.88. The molecule has 2 rings (SSSR count). The number of aromatic nitrogens is 2. The fourth-order valence-electron chi connectivity index (χ4n) is 2.45. The Hall–Kier alpha value is -2.37. The number of halogens is 1. The van der Waals surface area contributed by atoms with Crippen LogP contribution in [-0.2, 0) is 13.1 Å². The van der Waals surface area contributed by atoms with Gasteiger partial charge in [0.15, 0.2) is 5.96 Å². The van der Waals surface area contributed by atoms with E-state index in [0.717, 1.165) is 23.4 Å². The van der Waals surface area contributed by atoms with Crippen molar-refractivity contribution in [2.24, 2.45) is 4.99 Å². The summed E-state index contributed by atoms with van der Waals surface area (Å²) < 4.78 is 7.22. The first-order valence-electron chi connectivity index (χ1n) is 8.94. The van der Waals surface area contributed by atoms with Crippen LogP contribution in [0.4, 0.5) is 5.69 Å². The standard InChI is InChI=1S/C18H26N6O3.HI/c1-4-19-18(20-8-9-23-13-16(12-22-23)24(25)26)21-11-15-7-6-14(3)10-17(15)27-5-2;/h6-7,10,12-13H,4-5,8-9,11H2,1-3H3,(H2,19,20,21);1H. The van der Waals surface area contributed by atoms with E-state index in [9.17, 15) is 10.1 Å². The summed E-state index contributed by atoms with van der Waals surface area (Å²) in [6.45, 7) is 8.83. The molecule has 0 atom stereocenters. The van der Waals surface area contributed by atoms with Crippen LogP contribution in [0.25, 0.3) is 0 Å². The van der Waals surface area contributed by atoms with E-state index in [1.807, 2.05) is 39.0 Å². The van der Waals surface area contributed by atoms with Gasteiger partial charge in [-0.3, -0.25) is 14.8 Å². The Labute approximate surface area is 181 Å². The third kappa shape index (κ3) is 7.33. The molecular formula is C18H27IN6O3. The molecule has 2 aromatic rings. The molecule has 0 fully saturated rings. The number of ether oxygens (including phenoxy) is 1. The molecule has 0 spiro atoms. The van der Waals surface area contributed by atoms with Gasteiger partial charge in [-0.05, 0) is 32.4 Å². The highest BCUT2D eigenvalue weighted by Crippen LogP contribution is 2.21. The van der Waals surface area contributed by atoms with Crippen LogP contribution >= 0.6 is 24.0 Å². The van der Waals surface area contributed by atoms with Crippen LogP contribution in [-0.4, -0.2) is 40.4 Å². The molecule has 0 saturated carbocycles. The highest BCUT2D eigenvalue weighted by atomic mass is 127. The zero-order chi connectivity index (χ0) is 19.6. The van der Waals surface area contributed by atoms with Gasteiger partial charge in [-0.25, -0.2) is 4.99 Å². The molecule has 9 nitrogen and oxygen atoms in total. The van der Waals surface area contributed by atoms with Crippen LogP contribution in [0.2, 0.25) is 0 Å². The van der Waals surface area contributed by atoms with Gasteiger partial charge in [0, 0.05) is 18.7 Å². The molecule has 1 heterocycles. The fraction of sp³-hybridized carbons (Fsp3) is 0.444. The summed E-state index contributed by atoms with van der Waals surface area (Å²) in [5, 5.41) is 21.1. The largest absolute Gasteiger partial charge is 0.494 e. The Morgan fingerprint density at radius 1 is 1.36 bits per heavy atom. The molecule has 0 saturated heterocycles. The maximum atomic E-state index is 10.7. The van der Waals surface area contributed by atoms with Gasteiger partial charge in [-0.2, -0.15) is 5.10 Å². The lowest BCUT2D eigenvalue weighted by atomic mass is 10.1. The Balaban J connectivity index is 0.00000392. The molecule has 10 heteroatoms. The third-order valence-corrected chi connectivity index (χ3v) is 3.74. The molecule has 1 aromatic heterocycles. The first-order chi connectivity index (χ1) is 13.0. The average Bonchev–Trinajstić information content (AvgIpc) is 3.10. The number of rotatable bonds is 9. The predicted octanol–water partition coefficient (Wildman–Crippen LogP) is 2.87. The van der Waals surface area contributed by atoms with Crippen molar-refractivity contribution < 1.29 is 9.66 Å². The van der Waals surface area contributed by atoms with E-state index in [-0.39, 0.29) is 29.7 Å². The molecule has 0 amide bonds. The van der Waals surface area contributed by atoms with Crippen molar-refractivity contribution in [1.82, 2.24) is 20.4 Å². The number of nitrogens with one attached hydrogen (secondary N) is 2. The molecule has 28 heavy (non-hydrogen) atoms. The van der Waals surface area contributed by atoms with Gasteiger partial charge in [0.05, 0.1) is 24.6 Å². The van der Waals surface area contributed by atoms with Crippen LogP contribution < -0.4 is 15.4 Å². The average molecular weight is 502 g/mol. The van der Waals surface area contributed by atoms with Crippen LogP contribution in [0, 0.1) is 17.0 Å². The Morgan fingerprint density at radius 2 is 2.14 bits per heavy atom. The summed E-state index contributed by atoms with van der Waals surface area (Å²) in [5.41, 5.74) is 2.14. The summed E-state index contributed by atoms with van der Waals surface area (Å²) in [6.07, 6.45) is 2.65. The Bertz CT molecular complexity index is 793. The van der Waals surface area contributed by atoms with Crippen molar-refractivity contribution in [2.45, 2.75) is 33.9 Å². The summed E-state index contributed by atoms with van der Waals surface area (Å²) in [6, 6.07) is 6.08. The van der Waals surface area contributed by atoms with Gasteiger partial charge in [-0.15, -0.1) is 24.0 Å². The molecule has 1 aromatic carbocycles. The number of aliphatic imine (C=N–C) groups is 1. The van der Waals surface area contributed by atoms with E-state index < -0.39 is 4.92 Å². The van der Waals surface area contributed by atoms with E-state index in [1.165, 1.54) is 17.1 Å². The monoisotopic (exact) mass is 502 g/mol. The highest BCUT2D eigenvalue weighted by Gasteiger charge is 2.08. The smallest absolute Gasteiger partial charge is 0.306 e. The second-order valence-electron chi connectivity index (χ2n) is 5.88. The van der Waals surface area contributed by atoms with E-state index >= 15 is 0 Å². The summed E-state index contributed by atoms with van der Waals surface area (Å²) >= 11 is 0. The van der Waals surface area contributed by atoms with Gasteiger partial charge >= 0.3 is 5.69 Å². The van der Waals surface area contributed by atoms with Gasteiger partial charge in [0.1, 0.15) is 18.1 Å². The molecule has 2 N–H and O–H groups in total. The Kier molecular flexibility index (Phi) is 10.3. The third-order valence-electron chi connectivity index (χ3n) is 3.74. The van der Waals surface area contributed by atoms with Crippen molar-refractivity contribution >= 4 is 35.6 Å². The van der Waals surface area contributed by atoms with E-state index in [0.29, 0.717) is 32.2 Å². The number of hydrogen-bond donors (Lipinski definition) is 2. The zero-order valence-corrected chi connectivity index (χ0v) is 18.7. The van der Waals surface area contributed by atoms with Crippen molar-refractivity contribution in [2.75, 3.05) is 19.7 Å². The van der Waals surface area contributed by atoms with Crippen molar-refractivity contribution in [3.05, 3.63) is 51.8 Å². The second kappa shape index (κ2) is 12.2. The normalized spacial score (nSPS) is 10.9. The predicted molar refractivity (Wildman–Crippen MR) is 119 cm³/mol. The number of hydrogen-bond acceptors (Lipinski definition) is 5. The maximum absolute atomic E-state index is 10.7. The fourth-order valence-corrected chi connectivity index (χ4v) is 2.45. The van der Waals surface area contributed by atoms with E-state index in [4.69, 9.17) is 4.74 Å². The molecule has 0 radical (unpaired) electrons. The van der Waals surface area contributed by atoms with Crippen molar-refractivity contribution in [3.8, 4) is 5.75 Å². The molecule has 0 aliphatic rings. The minimum Gasteiger partial charge on any atom is -0.494 e. The first-order valence-corrected chi connectivity index (χ1v) is 8.94. The zero-order valence-electron chi connectivity index (χ0n) is 16.3. The summed E-state index contributed by atoms with van der Waals surface area (Å²) in [7, 11) is 0.